The molecule has 1 aromatic carbocycles. The van der Waals surface area contributed by atoms with Crippen molar-refractivity contribution in [3.63, 3.8) is 0 Å². The van der Waals surface area contributed by atoms with E-state index in [1.54, 1.807) is 7.11 Å². The number of amides is 1. The van der Waals surface area contributed by atoms with Crippen LogP contribution in [0.25, 0.3) is 0 Å². The van der Waals surface area contributed by atoms with Gasteiger partial charge in [-0.15, -0.1) is 0 Å². The minimum Gasteiger partial charge on any atom is -0.496 e. The van der Waals surface area contributed by atoms with Crippen molar-refractivity contribution >= 4 is 21.8 Å². The maximum absolute atomic E-state index is 12.1. The van der Waals surface area contributed by atoms with Crippen molar-refractivity contribution in [2.45, 2.75) is 26.8 Å². The average Bonchev–Trinajstić information content (AvgIpc) is 2.47. The van der Waals surface area contributed by atoms with Crippen LogP contribution >= 0.6 is 15.9 Å². The topological polar surface area (TPSA) is 34.0 Å². The lowest BCUT2D eigenvalue weighted by Crippen LogP contribution is -3.13. The molecule has 1 heterocycles. The monoisotopic (exact) mass is 369 g/mol. The molecule has 1 aromatic rings. The predicted octanol–water partition coefficient (Wildman–Crippen LogP) is 1.73. The van der Waals surface area contributed by atoms with Gasteiger partial charge in [-0.1, -0.05) is 29.8 Å². The number of hydrogen-bond donors (Lipinski definition) is 1. The van der Waals surface area contributed by atoms with Crippen molar-refractivity contribution in [2.24, 2.45) is 5.92 Å². The summed E-state index contributed by atoms with van der Waals surface area (Å²) in [4.78, 5) is 15.6. The van der Waals surface area contributed by atoms with Crippen LogP contribution in [0.3, 0.4) is 0 Å². The number of carbonyl (C=O) groups is 1. The summed E-state index contributed by atoms with van der Waals surface area (Å²) in [6.07, 6.45) is 0.661. The SMILES string of the molecule is COc1ccc(Br)cc1C[NH+]1CCN(C(=O)CC(C)C)CC1. The van der Waals surface area contributed by atoms with Crippen molar-refractivity contribution < 1.29 is 14.4 Å². The van der Waals surface area contributed by atoms with Crippen LogP contribution in [0.1, 0.15) is 25.8 Å². The second-order valence-corrected chi connectivity index (χ2v) is 7.28. The third-order valence-electron chi connectivity index (χ3n) is 4.09. The molecule has 1 saturated heterocycles. The van der Waals surface area contributed by atoms with Gasteiger partial charge in [0.1, 0.15) is 12.3 Å². The third kappa shape index (κ3) is 4.71. The summed E-state index contributed by atoms with van der Waals surface area (Å²) in [5.74, 6) is 1.67. The van der Waals surface area contributed by atoms with Crippen molar-refractivity contribution in [2.75, 3.05) is 33.3 Å². The lowest BCUT2D eigenvalue weighted by molar-refractivity contribution is -0.917. The van der Waals surface area contributed by atoms with E-state index in [0.29, 0.717) is 18.2 Å². The van der Waals surface area contributed by atoms with Gasteiger partial charge in [-0.2, -0.15) is 0 Å². The molecule has 4 nitrogen and oxygen atoms in total. The number of quaternary nitrogens is 1. The van der Waals surface area contributed by atoms with E-state index in [-0.39, 0.29) is 0 Å². The fraction of sp³-hybridized carbons (Fsp3) is 0.588. The van der Waals surface area contributed by atoms with Crippen molar-refractivity contribution in [1.29, 1.82) is 0 Å². The van der Waals surface area contributed by atoms with E-state index in [9.17, 15) is 4.79 Å². The summed E-state index contributed by atoms with van der Waals surface area (Å²) in [6.45, 7) is 8.85. The zero-order valence-corrected chi connectivity index (χ0v) is 15.3. The molecule has 0 aliphatic carbocycles. The highest BCUT2D eigenvalue weighted by atomic mass is 79.9. The quantitative estimate of drug-likeness (QED) is 0.857. The van der Waals surface area contributed by atoms with Crippen LogP contribution in [0, 0.1) is 5.92 Å². The van der Waals surface area contributed by atoms with Gasteiger partial charge in [0.2, 0.25) is 5.91 Å². The number of carbonyl (C=O) groups excluding carboxylic acids is 1. The molecule has 0 bridgehead atoms. The standard InChI is InChI=1S/C17H25BrN2O2/c1-13(2)10-17(21)20-8-6-19(7-9-20)12-14-11-15(18)4-5-16(14)22-3/h4-5,11,13H,6-10,12H2,1-3H3/p+1. The molecular weight excluding hydrogens is 344 g/mol. The number of nitrogens with zero attached hydrogens (tertiary/aromatic N) is 1. The predicted molar refractivity (Wildman–Crippen MR) is 91.1 cm³/mol. The maximum atomic E-state index is 12.1. The number of ether oxygens (including phenoxy) is 1. The largest absolute Gasteiger partial charge is 0.496 e. The second kappa shape index (κ2) is 7.97. The Bertz CT molecular complexity index is 511. The Balaban J connectivity index is 1.90. The lowest BCUT2D eigenvalue weighted by atomic mass is 10.1. The highest BCUT2D eigenvalue weighted by Gasteiger charge is 2.24. The number of halogens is 1. The van der Waals surface area contributed by atoms with Crippen LogP contribution in [0.5, 0.6) is 5.75 Å². The zero-order valence-electron chi connectivity index (χ0n) is 13.7. The summed E-state index contributed by atoms with van der Waals surface area (Å²) in [6, 6.07) is 6.13. The van der Waals surface area contributed by atoms with Crippen molar-refractivity contribution in [3.8, 4) is 5.75 Å². The first-order valence-electron chi connectivity index (χ1n) is 7.93. The van der Waals surface area contributed by atoms with Gasteiger partial charge in [0.05, 0.1) is 33.3 Å². The van der Waals surface area contributed by atoms with Gasteiger partial charge in [-0.05, 0) is 24.1 Å². The minimum atomic E-state index is 0.300. The van der Waals surface area contributed by atoms with Crippen molar-refractivity contribution in [3.05, 3.63) is 28.2 Å². The summed E-state index contributed by atoms with van der Waals surface area (Å²) in [7, 11) is 1.71. The van der Waals surface area contributed by atoms with Gasteiger partial charge in [-0.3, -0.25) is 4.79 Å². The van der Waals surface area contributed by atoms with Gasteiger partial charge in [0, 0.05) is 16.5 Å². The van der Waals surface area contributed by atoms with Gasteiger partial charge < -0.3 is 14.5 Å². The van der Waals surface area contributed by atoms with E-state index in [1.807, 2.05) is 17.0 Å². The molecule has 0 aromatic heterocycles. The van der Waals surface area contributed by atoms with E-state index >= 15 is 0 Å². The summed E-state index contributed by atoms with van der Waals surface area (Å²) < 4.78 is 6.52. The van der Waals surface area contributed by atoms with E-state index in [1.165, 1.54) is 10.5 Å². The molecule has 0 unspecified atom stereocenters. The fourth-order valence-corrected chi connectivity index (χ4v) is 3.29. The van der Waals surface area contributed by atoms with Gasteiger partial charge >= 0.3 is 0 Å². The molecule has 0 saturated carbocycles. The van der Waals surface area contributed by atoms with Gasteiger partial charge in [0.15, 0.2) is 0 Å². The molecule has 1 fully saturated rings. The third-order valence-corrected chi connectivity index (χ3v) is 4.58. The van der Waals surface area contributed by atoms with E-state index < -0.39 is 0 Å². The van der Waals surface area contributed by atoms with Gasteiger partial charge in [-0.25, -0.2) is 0 Å². The van der Waals surface area contributed by atoms with Crippen LogP contribution in [0.4, 0.5) is 0 Å². The summed E-state index contributed by atoms with van der Waals surface area (Å²) >= 11 is 3.52. The Kier molecular flexibility index (Phi) is 6.26. The molecule has 2 rings (SSSR count). The smallest absolute Gasteiger partial charge is 0.223 e. The molecule has 1 amide bonds. The van der Waals surface area contributed by atoms with Crippen LogP contribution in [0.2, 0.25) is 0 Å². The number of nitrogens with one attached hydrogen (secondary N) is 1. The average molecular weight is 370 g/mol. The Morgan fingerprint density at radius 1 is 1.36 bits per heavy atom. The molecule has 1 N–H and O–H groups in total. The number of hydrogen-bond acceptors (Lipinski definition) is 2. The molecule has 5 heteroatoms. The number of piperazine rings is 1. The molecule has 0 radical (unpaired) electrons. The first-order chi connectivity index (χ1) is 10.5. The van der Waals surface area contributed by atoms with E-state index in [0.717, 1.165) is 42.9 Å². The molecule has 0 spiro atoms. The first-order valence-corrected chi connectivity index (χ1v) is 8.72. The van der Waals surface area contributed by atoms with Crippen molar-refractivity contribution in [1.82, 2.24) is 4.90 Å². The highest BCUT2D eigenvalue weighted by molar-refractivity contribution is 9.10. The van der Waals surface area contributed by atoms with Crippen LogP contribution in [-0.4, -0.2) is 44.1 Å². The molecule has 1 aliphatic heterocycles. The fourth-order valence-electron chi connectivity index (χ4n) is 2.88. The molecule has 122 valence electrons. The first kappa shape index (κ1) is 17.3. The van der Waals surface area contributed by atoms with E-state index in [2.05, 4.69) is 35.8 Å². The summed E-state index contributed by atoms with van der Waals surface area (Å²) in [5, 5.41) is 0. The number of rotatable bonds is 5. The van der Waals surface area contributed by atoms with E-state index in [4.69, 9.17) is 4.74 Å². The van der Waals surface area contributed by atoms with Crippen LogP contribution < -0.4 is 9.64 Å². The van der Waals surface area contributed by atoms with Crippen LogP contribution in [-0.2, 0) is 11.3 Å². The Morgan fingerprint density at radius 3 is 2.64 bits per heavy atom. The molecule has 22 heavy (non-hydrogen) atoms. The Labute approximate surface area is 141 Å². The van der Waals surface area contributed by atoms with Gasteiger partial charge in [0.25, 0.3) is 0 Å². The number of methoxy groups -OCH3 is 1. The lowest BCUT2D eigenvalue weighted by Gasteiger charge is -2.33. The molecule has 1 aliphatic rings. The maximum Gasteiger partial charge on any atom is 0.223 e. The highest BCUT2D eigenvalue weighted by Crippen LogP contribution is 2.22. The second-order valence-electron chi connectivity index (χ2n) is 6.36. The zero-order chi connectivity index (χ0) is 16.1. The number of benzene rings is 1. The summed E-state index contributed by atoms with van der Waals surface area (Å²) in [5.41, 5.74) is 1.22. The molecule has 0 atom stereocenters. The normalized spacial score (nSPS) is 16.1. The van der Waals surface area contributed by atoms with Crippen LogP contribution in [0.15, 0.2) is 22.7 Å². The Hall–Kier alpha value is -1.07. The minimum absolute atomic E-state index is 0.300. The molecular formula is C17H26BrN2O2+. The Morgan fingerprint density at radius 2 is 2.05 bits per heavy atom.